The van der Waals surface area contributed by atoms with Crippen molar-refractivity contribution in [2.24, 2.45) is 5.73 Å². The zero-order valence-corrected chi connectivity index (χ0v) is 17.3. The van der Waals surface area contributed by atoms with Gasteiger partial charge in [0.2, 0.25) is 0 Å². The minimum atomic E-state index is -0.881. The lowest BCUT2D eigenvalue weighted by Gasteiger charge is -2.24. The third kappa shape index (κ3) is 3.40. The maximum absolute atomic E-state index is 15.1. The van der Waals surface area contributed by atoms with Crippen LogP contribution in [-0.2, 0) is 17.8 Å². The van der Waals surface area contributed by atoms with Gasteiger partial charge in [-0.05, 0) is 0 Å². The molecule has 1 aromatic carbocycles. The molecule has 1 saturated heterocycles. The summed E-state index contributed by atoms with van der Waals surface area (Å²) in [4.78, 5) is 48.1. The Morgan fingerprint density at radius 3 is 1.97 bits per heavy atom. The third-order valence-corrected chi connectivity index (χ3v) is 5.79. The molecule has 3 aromatic rings. The summed E-state index contributed by atoms with van der Waals surface area (Å²) in [6, 6.07) is 2.11. The number of cyclic esters (lactones) is 1. The van der Waals surface area contributed by atoms with Gasteiger partial charge in [-0.25, -0.2) is 32.9 Å². The Bertz CT molecular complexity index is 1310. The van der Waals surface area contributed by atoms with Crippen LogP contribution < -0.4 is 26.7 Å². The quantitative estimate of drug-likeness (QED) is 0.581. The van der Waals surface area contributed by atoms with Crippen molar-refractivity contribution >= 4 is 28.5 Å². The molecule has 0 saturated carbocycles. The second-order valence-electron chi connectivity index (χ2n) is 7.71. The van der Waals surface area contributed by atoms with Crippen LogP contribution >= 0.6 is 0 Å². The van der Waals surface area contributed by atoms with E-state index in [0.29, 0.717) is 0 Å². The Morgan fingerprint density at radius 2 is 1.48 bits per heavy atom. The van der Waals surface area contributed by atoms with Crippen LogP contribution in [0.2, 0.25) is 0 Å². The Kier molecular flexibility index (Phi) is 5.04. The molecule has 5 rings (SSSR count). The number of nitrogens with two attached hydrogens (primary N) is 1. The van der Waals surface area contributed by atoms with E-state index in [4.69, 9.17) is 10.5 Å². The monoisotopic (exact) mass is 459 g/mol. The van der Waals surface area contributed by atoms with Crippen LogP contribution in [0.3, 0.4) is 0 Å². The molecule has 0 unspecified atom stereocenters. The van der Waals surface area contributed by atoms with E-state index in [-0.39, 0.29) is 61.7 Å². The van der Waals surface area contributed by atoms with Crippen LogP contribution in [0.15, 0.2) is 34.1 Å². The summed E-state index contributed by atoms with van der Waals surface area (Å²) in [5.41, 5.74) is 4.10. The van der Waals surface area contributed by atoms with E-state index in [2.05, 4.69) is 9.97 Å². The van der Waals surface area contributed by atoms with Crippen molar-refractivity contribution in [2.45, 2.75) is 19.2 Å². The zero-order valence-electron chi connectivity index (χ0n) is 17.3. The number of ether oxygens (including phenoxy) is 1. The van der Waals surface area contributed by atoms with Crippen molar-refractivity contribution in [1.82, 2.24) is 19.3 Å². The number of anilines is 2. The molecule has 0 radical (unpaired) electrons. The van der Waals surface area contributed by atoms with Crippen LogP contribution in [-0.4, -0.2) is 57.7 Å². The Balaban J connectivity index is 1.47. The maximum atomic E-state index is 15.1. The van der Waals surface area contributed by atoms with E-state index >= 15 is 8.78 Å². The summed E-state index contributed by atoms with van der Waals surface area (Å²) in [5.74, 6) is -1.76. The molecule has 0 spiro atoms. The molecular formula is C20H19F2N7O4. The van der Waals surface area contributed by atoms with Crippen LogP contribution in [0.5, 0.6) is 0 Å². The average molecular weight is 459 g/mol. The van der Waals surface area contributed by atoms with Gasteiger partial charge in [0.1, 0.15) is 11.8 Å². The lowest BCUT2D eigenvalue weighted by molar-refractivity contribution is 0.145. The first kappa shape index (κ1) is 21.0. The first-order valence-corrected chi connectivity index (χ1v) is 10.3. The highest BCUT2D eigenvalue weighted by atomic mass is 19.1. The Labute approximate surface area is 184 Å². The molecule has 1 amide bonds. The molecule has 0 bridgehead atoms. The summed E-state index contributed by atoms with van der Waals surface area (Å²) in [6.07, 6.45) is 1.36. The van der Waals surface area contributed by atoms with Crippen molar-refractivity contribution in [1.29, 1.82) is 0 Å². The van der Waals surface area contributed by atoms with Crippen LogP contribution in [0.4, 0.5) is 25.0 Å². The topological polar surface area (TPSA) is 129 Å². The third-order valence-electron chi connectivity index (χ3n) is 5.79. The molecule has 1 fully saturated rings. The van der Waals surface area contributed by atoms with Crippen molar-refractivity contribution in [3.63, 3.8) is 0 Å². The molecule has 2 aliphatic rings. The SMILES string of the molecule is NC[C@H]1CN(c2cc(F)c(N3CCn4c(=O)c5nccnc5c(=O)n4CC3)c(F)c2)C(=O)O1. The average Bonchev–Trinajstić information content (AvgIpc) is 3.05. The predicted octanol–water partition coefficient (Wildman–Crippen LogP) is 0.0355. The summed E-state index contributed by atoms with van der Waals surface area (Å²) in [5, 5.41) is 0. The molecule has 11 nitrogen and oxygen atoms in total. The lowest BCUT2D eigenvalue weighted by atomic mass is 10.2. The van der Waals surface area contributed by atoms with E-state index in [1.54, 1.807) is 0 Å². The highest BCUT2D eigenvalue weighted by Crippen LogP contribution is 2.31. The van der Waals surface area contributed by atoms with Gasteiger partial charge >= 0.3 is 6.09 Å². The van der Waals surface area contributed by atoms with Crippen molar-refractivity contribution in [3.8, 4) is 0 Å². The van der Waals surface area contributed by atoms with E-state index in [1.807, 2.05) is 0 Å². The molecular weight excluding hydrogens is 440 g/mol. The van der Waals surface area contributed by atoms with Gasteiger partial charge in [0.25, 0.3) is 11.1 Å². The number of rotatable bonds is 3. The van der Waals surface area contributed by atoms with Crippen molar-refractivity contribution in [2.75, 3.05) is 36.0 Å². The fraction of sp³-hybridized carbons (Fsp3) is 0.350. The van der Waals surface area contributed by atoms with Gasteiger partial charge in [0.15, 0.2) is 22.7 Å². The smallest absolute Gasteiger partial charge is 0.414 e. The van der Waals surface area contributed by atoms with Gasteiger partial charge in [0, 0.05) is 44.2 Å². The summed E-state index contributed by atoms with van der Waals surface area (Å²) in [6.45, 7) is 0.348. The lowest BCUT2D eigenvalue weighted by Crippen LogP contribution is -2.39. The number of amides is 1. The highest BCUT2D eigenvalue weighted by Gasteiger charge is 2.33. The second-order valence-corrected chi connectivity index (χ2v) is 7.71. The van der Waals surface area contributed by atoms with E-state index < -0.39 is 35.0 Å². The number of halogens is 2. The van der Waals surface area contributed by atoms with Crippen LogP contribution in [0.1, 0.15) is 0 Å². The summed E-state index contributed by atoms with van der Waals surface area (Å²) < 4.78 is 37.6. The van der Waals surface area contributed by atoms with E-state index in [9.17, 15) is 14.4 Å². The van der Waals surface area contributed by atoms with E-state index in [0.717, 1.165) is 17.0 Å². The molecule has 0 aliphatic carbocycles. The molecule has 4 heterocycles. The number of carbonyl (C=O) groups is 1. The molecule has 2 N–H and O–H groups in total. The van der Waals surface area contributed by atoms with Gasteiger partial charge in [-0.2, -0.15) is 0 Å². The van der Waals surface area contributed by atoms with Gasteiger partial charge in [-0.1, -0.05) is 0 Å². The van der Waals surface area contributed by atoms with Crippen LogP contribution in [0.25, 0.3) is 11.0 Å². The number of aromatic nitrogens is 4. The van der Waals surface area contributed by atoms with Gasteiger partial charge in [0.05, 0.1) is 25.3 Å². The fourth-order valence-corrected chi connectivity index (χ4v) is 4.19. The molecule has 2 aromatic heterocycles. The molecule has 2 aliphatic heterocycles. The molecule has 172 valence electrons. The standard InChI is InChI=1S/C20H19F2N7O4/c21-13-7-11(27-10-12(9-23)33-20(27)32)8-14(22)17(13)26-3-5-28-18(30)15-16(25-2-1-24-15)19(31)29(28)6-4-26/h1-2,7-8,12H,3-6,9-10,23H2/t12-/m0/s1. The number of fused-ring (bicyclic) bond motifs is 2. The van der Waals surface area contributed by atoms with Gasteiger partial charge in [-0.3, -0.25) is 14.5 Å². The normalized spacial score (nSPS) is 18.4. The fourth-order valence-electron chi connectivity index (χ4n) is 4.19. The molecule has 33 heavy (non-hydrogen) atoms. The minimum Gasteiger partial charge on any atom is -0.443 e. The summed E-state index contributed by atoms with van der Waals surface area (Å²) >= 11 is 0. The number of hydrogen-bond donors (Lipinski definition) is 1. The largest absolute Gasteiger partial charge is 0.443 e. The number of carbonyl (C=O) groups excluding carboxylic acids is 1. The minimum absolute atomic E-state index is 0.0118. The summed E-state index contributed by atoms with van der Waals surface area (Å²) in [7, 11) is 0. The Hall–Kier alpha value is -3.87. The zero-order chi connectivity index (χ0) is 23.3. The van der Waals surface area contributed by atoms with Crippen molar-refractivity contribution < 1.29 is 18.3 Å². The Morgan fingerprint density at radius 1 is 0.939 bits per heavy atom. The second kappa shape index (κ2) is 7.92. The molecule has 13 heteroatoms. The van der Waals surface area contributed by atoms with Crippen LogP contribution in [0, 0.1) is 11.6 Å². The van der Waals surface area contributed by atoms with E-state index in [1.165, 1.54) is 26.7 Å². The first-order valence-electron chi connectivity index (χ1n) is 10.3. The first-order chi connectivity index (χ1) is 15.9. The van der Waals surface area contributed by atoms with Crippen molar-refractivity contribution in [3.05, 3.63) is 56.9 Å². The van der Waals surface area contributed by atoms with Gasteiger partial charge in [-0.15, -0.1) is 0 Å². The maximum Gasteiger partial charge on any atom is 0.414 e. The number of nitrogens with zero attached hydrogens (tertiary/aromatic N) is 6. The number of hydrogen-bond acceptors (Lipinski definition) is 8. The van der Waals surface area contributed by atoms with Gasteiger partial charge < -0.3 is 15.4 Å². The predicted molar refractivity (Wildman–Crippen MR) is 113 cm³/mol. The highest BCUT2D eigenvalue weighted by molar-refractivity contribution is 5.90. The molecule has 1 atom stereocenters. The number of benzene rings is 1.